The number of fused-ring (bicyclic) bond motifs is 1. The Morgan fingerprint density at radius 1 is 1.00 bits per heavy atom. The molecule has 0 saturated heterocycles. The third-order valence-electron chi connectivity index (χ3n) is 4.41. The highest BCUT2D eigenvalue weighted by Crippen LogP contribution is 2.23. The van der Waals surface area contributed by atoms with Gasteiger partial charge in [-0.25, -0.2) is 0 Å². The van der Waals surface area contributed by atoms with Gasteiger partial charge in [0.25, 0.3) is 0 Å². The Morgan fingerprint density at radius 2 is 1.67 bits per heavy atom. The maximum absolute atomic E-state index is 11.6. The van der Waals surface area contributed by atoms with Crippen molar-refractivity contribution >= 4 is 16.6 Å². The van der Waals surface area contributed by atoms with Gasteiger partial charge < -0.3 is 0 Å². The molecule has 0 saturated carbocycles. The summed E-state index contributed by atoms with van der Waals surface area (Å²) in [6, 6.07) is 15.0. The van der Waals surface area contributed by atoms with E-state index in [4.69, 9.17) is 0 Å². The van der Waals surface area contributed by atoms with Crippen molar-refractivity contribution in [3.05, 3.63) is 83.5 Å². The van der Waals surface area contributed by atoms with Crippen LogP contribution >= 0.6 is 0 Å². The fourth-order valence-corrected chi connectivity index (χ4v) is 2.90. The highest BCUT2D eigenvalue weighted by Gasteiger charge is 2.04. The van der Waals surface area contributed by atoms with Crippen molar-refractivity contribution < 1.29 is 4.79 Å². The summed E-state index contributed by atoms with van der Waals surface area (Å²) in [5.74, 6) is 0.142. The van der Waals surface area contributed by atoms with Crippen molar-refractivity contribution in [3.63, 3.8) is 0 Å². The summed E-state index contributed by atoms with van der Waals surface area (Å²) >= 11 is 0. The molecule has 2 aromatic carbocycles. The van der Waals surface area contributed by atoms with Gasteiger partial charge in [-0.2, -0.15) is 0 Å². The standard InChI is InChI=1S/C23H26O/c1-5-19(18(4)24)13-14-20(17(2)3)15-16-22-11-8-10-21-9-6-7-12-23(21)22/h6-14H,2,5,15-16H2,1,3-4H3. The Bertz CT molecular complexity index is 800. The van der Waals surface area contributed by atoms with Gasteiger partial charge >= 0.3 is 0 Å². The Labute approximate surface area is 145 Å². The minimum atomic E-state index is 0.142. The maximum Gasteiger partial charge on any atom is 0.155 e. The number of ketones is 1. The second-order valence-electron chi connectivity index (χ2n) is 6.21. The number of hydrogen-bond donors (Lipinski definition) is 0. The van der Waals surface area contributed by atoms with Gasteiger partial charge in [-0.3, -0.25) is 4.79 Å². The van der Waals surface area contributed by atoms with Gasteiger partial charge in [0.1, 0.15) is 0 Å². The number of carbonyl (C=O) groups is 1. The van der Waals surface area contributed by atoms with Gasteiger partial charge in [0.05, 0.1) is 0 Å². The van der Waals surface area contributed by atoms with Crippen molar-refractivity contribution in [2.75, 3.05) is 0 Å². The molecule has 0 radical (unpaired) electrons. The van der Waals surface area contributed by atoms with Crippen LogP contribution in [0.3, 0.4) is 0 Å². The SMILES string of the molecule is C=C(C)C(=CC=C(CC)C(C)=O)CCc1cccc2ccccc12. The van der Waals surface area contributed by atoms with Crippen molar-refractivity contribution in [1.29, 1.82) is 0 Å². The quantitative estimate of drug-likeness (QED) is 0.439. The third-order valence-corrected chi connectivity index (χ3v) is 4.41. The summed E-state index contributed by atoms with van der Waals surface area (Å²) in [7, 11) is 0. The number of benzene rings is 2. The van der Waals surface area contributed by atoms with E-state index in [2.05, 4.69) is 55.1 Å². The molecule has 0 aliphatic rings. The van der Waals surface area contributed by atoms with Crippen LogP contribution in [0.1, 0.15) is 39.2 Å². The summed E-state index contributed by atoms with van der Waals surface area (Å²) < 4.78 is 0. The molecule has 0 fully saturated rings. The van der Waals surface area contributed by atoms with Crippen LogP contribution in [-0.2, 0) is 11.2 Å². The lowest BCUT2D eigenvalue weighted by atomic mass is 9.95. The first-order chi connectivity index (χ1) is 11.5. The van der Waals surface area contributed by atoms with E-state index in [1.807, 2.05) is 19.9 Å². The third kappa shape index (κ3) is 4.55. The van der Waals surface area contributed by atoms with Crippen molar-refractivity contribution in [2.45, 2.75) is 40.0 Å². The molecule has 1 nitrogen and oxygen atoms in total. The van der Waals surface area contributed by atoms with Gasteiger partial charge in [0, 0.05) is 0 Å². The Hall–Kier alpha value is -2.41. The van der Waals surface area contributed by atoms with Crippen molar-refractivity contribution in [1.82, 2.24) is 0 Å². The van der Waals surface area contributed by atoms with Crippen LogP contribution < -0.4 is 0 Å². The lowest BCUT2D eigenvalue weighted by molar-refractivity contribution is -0.113. The number of hydrogen-bond acceptors (Lipinski definition) is 1. The highest BCUT2D eigenvalue weighted by molar-refractivity contribution is 5.93. The van der Waals surface area contributed by atoms with Gasteiger partial charge in [0.15, 0.2) is 5.78 Å². The molecule has 0 unspecified atom stereocenters. The molecule has 0 atom stereocenters. The number of Topliss-reactive ketones (excluding diaryl/α,β-unsaturated/α-hetero) is 1. The summed E-state index contributed by atoms with van der Waals surface area (Å²) in [4.78, 5) is 11.6. The lowest BCUT2D eigenvalue weighted by Crippen LogP contribution is -1.95. The fourth-order valence-electron chi connectivity index (χ4n) is 2.90. The van der Waals surface area contributed by atoms with E-state index in [0.717, 1.165) is 30.4 Å². The van der Waals surface area contributed by atoms with E-state index in [9.17, 15) is 4.79 Å². The van der Waals surface area contributed by atoms with E-state index in [-0.39, 0.29) is 5.78 Å². The molecule has 0 heterocycles. The maximum atomic E-state index is 11.6. The summed E-state index contributed by atoms with van der Waals surface area (Å²) in [6.45, 7) is 9.76. The molecule has 0 bridgehead atoms. The summed E-state index contributed by atoms with van der Waals surface area (Å²) in [5, 5.41) is 2.59. The van der Waals surface area contributed by atoms with E-state index >= 15 is 0 Å². The summed E-state index contributed by atoms with van der Waals surface area (Å²) in [5.41, 5.74) is 4.48. The zero-order valence-electron chi connectivity index (χ0n) is 14.9. The van der Waals surface area contributed by atoms with Crippen LogP contribution in [0.25, 0.3) is 10.8 Å². The average Bonchev–Trinajstić information content (AvgIpc) is 2.57. The number of carbonyl (C=O) groups excluding carboxylic acids is 1. The lowest BCUT2D eigenvalue weighted by Gasteiger charge is -2.09. The van der Waals surface area contributed by atoms with Crippen LogP contribution in [-0.4, -0.2) is 5.78 Å². The molecule has 24 heavy (non-hydrogen) atoms. The second-order valence-corrected chi connectivity index (χ2v) is 6.21. The van der Waals surface area contributed by atoms with E-state index in [1.165, 1.54) is 21.9 Å². The van der Waals surface area contributed by atoms with Crippen LogP contribution in [0.15, 0.2) is 77.9 Å². The largest absolute Gasteiger partial charge is 0.295 e. The molecule has 0 spiro atoms. The molecule has 1 heteroatoms. The smallest absolute Gasteiger partial charge is 0.155 e. The molecular formula is C23H26O. The molecule has 0 aromatic heterocycles. The number of rotatable bonds is 7. The Balaban J connectivity index is 2.23. The van der Waals surface area contributed by atoms with Crippen molar-refractivity contribution in [3.8, 4) is 0 Å². The summed E-state index contributed by atoms with van der Waals surface area (Å²) in [6.07, 6.45) is 6.67. The number of aryl methyl sites for hydroxylation is 1. The molecule has 2 aromatic rings. The molecule has 0 N–H and O–H groups in total. The monoisotopic (exact) mass is 318 g/mol. The molecule has 124 valence electrons. The minimum absolute atomic E-state index is 0.142. The minimum Gasteiger partial charge on any atom is -0.295 e. The molecule has 0 aliphatic heterocycles. The van der Waals surface area contributed by atoms with Gasteiger partial charge in [-0.15, -0.1) is 0 Å². The van der Waals surface area contributed by atoms with Gasteiger partial charge in [0.2, 0.25) is 0 Å². The molecule has 0 amide bonds. The second kappa shape index (κ2) is 8.44. The Kier molecular flexibility index (Phi) is 6.31. The van der Waals surface area contributed by atoms with E-state index in [1.54, 1.807) is 6.92 Å². The van der Waals surface area contributed by atoms with Crippen molar-refractivity contribution in [2.24, 2.45) is 0 Å². The molecule has 2 rings (SSSR count). The van der Waals surface area contributed by atoms with Gasteiger partial charge in [-0.1, -0.05) is 73.7 Å². The highest BCUT2D eigenvalue weighted by atomic mass is 16.1. The first kappa shape index (κ1) is 17.9. The topological polar surface area (TPSA) is 17.1 Å². The fraction of sp³-hybridized carbons (Fsp3) is 0.261. The Morgan fingerprint density at radius 3 is 2.33 bits per heavy atom. The van der Waals surface area contributed by atoms with E-state index in [0.29, 0.717) is 0 Å². The normalized spacial score (nSPS) is 12.5. The molecular weight excluding hydrogens is 292 g/mol. The predicted octanol–water partition coefficient (Wildman–Crippen LogP) is 6.20. The van der Waals surface area contributed by atoms with Gasteiger partial charge in [-0.05, 0) is 60.6 Å². The molecule has 0 aliphatic carbocycles. The first-order valence-corrected chi connectivity index (χ1v) is 8.56. The van der Waals surface area contributed by atoms with Crippen LogP contribution in [0.4, 0.5) is 0 Å². The van der Waals surface area contributed by atoms with Crippen LogP contribution in [0.5, 0.6) is 0 Å². The zero-order chi connectivity index (χ0) is 17.5. The average molecular weight is 318 g/mol. The first-order valence-electron chi connectivity index (χ1n) is 8.56. The zero-order valence-corrected chi connectivity index (χ0v) is 14.9. The van der Waals surface area contributed by atoms with Crippen LogP contribution in [0.2, 0.25) is 0 Å². The van der Waals surface area contributed by atoms with Crippen LogP contribution in [0, 0.1) is 0 Å². The number of allylic oxidation sites excluding steroid dienone is 5. The predicted molar refractivity (Wildman–Crippen MR) is 104 cm³/mol. The van der Waals surface area contributed by atoms with E-state index < -0.39 is 0 Å².